The average Bonchev–Trinajstić information content (AvgIpc) is 3.45. The molecule has 0 bridgehead atoms. The van der Waals surface area contributed by atoms with Crippen LogP contribution in [0.15, 0.2) is 30.3 Å². The summed E-state index contributed by atoms with van der Waals surface area (Å²) >= 11 is 0. The molecule has 0 amide bonds. The van der Waals surface area contributed by atoms with Crippen molar-refractivity contribution in [2.45, 2.75) is 25.8 Å². The SMILES string of the molecule is COc1ccc(N2CCN(c3cc(C)nc(NC4CC4)n3)CC2)cc1. The van der Waals surface area contributed by atoms with Gasteiger partial charge in [-0.2, -0.15) is 4.98 Å². The Hall–Kier alpha value is -2.50. The molecule has 4 rings (SSSR count). The highest BCUT2D eigenvalue weighted by Gasteiger charge is 2.23. The number of hydrogen-bond donors (Lipinski definition) is 1. The van der Waals surface area contributed by atoms with E-state index < -0.39 is 0 Å². The van der Waals surface area contributed by atoms with Gasteiger partial charge in [0.25, 0.3) is 0 Å². The van der Waals surface area contributed by atoms with Crippen LogP contribution in [0.1, 0.15) is 18.5 Å². The van der Waals surface area contributed by atoms with Crippen molar-refractivity contribution in [1.29, 1.82) is 0 Å². The molecule has 2 aromatic rings. The van der Waals surface area contributed by atoms with Crippen LogP contribution in [0.4, 0.5) is 17.5 Å². The van der Waals surface area contributed by atoms with Crippen molar-refractivity contribution in [3.05, 3.63) is 36.0 Å². The molecule has 1 aromatic carbocycles. The minimum atomic E-state index is 0.571. The van der Waals surface area contributed by atoms with Crippen molar-refractivity contribution < 1.29 is 4.74 Å². The molecular weight excluding hydrogens is 314 g/mol. The lowest BCUT2D eigenvalue weighted by molar-refractivity contribution is 0.415. The summed E-state index contributed by atoms with van der Waals surface area (Å²) in [7, 11) is 1.70. The van der Waals surface area contributed by atoms with E-state index in [1.54, 1.807) is 7.11 Å². The largest absolute Gasteiger partial charge is 0.497 e. The molecular formula is C19H25N5O. The second-order valence-corrected chi connectivity index (χ2v) is 6.78. The number of ether oxygens (including phenoxy) is 1. The predicted molar refractivity (Wildman–Crippen MR) is 101 cm³/mol. The van der Waals surface area contributed by atoms with Gasteiger partial charge in [0.05, 0.1) is 7.11 Å². The van der Waals surface area contributed by atoms with E-state index in [9.17, 15) is 0 Å². The molecule has 1 saturated heterocycles. The van der Waals surface area contributed by atoms with E-state index in [-0.39, 0.29) is 0 Å². The summed E-state index contributed by atoms with van der Waals surface area (Å²) in [6.07, 6.45) is 2.46. The van der Waals surface area contributed by atoms with Crippen molar-refractivity contribution in [1.82, 2.24) is 9.97 Å². The highest BCUT2D eigenvalue weighted by atomic mass is 16.5. The van der Waals surface area contributed by atoms with Gasteiger partial charge in [0.2, 0.25) is 5.95 Å². The monoisotopic (exact) mass is 339 g/mol. The molecule has 2 heterocycles. The first kappa shape index (κ1) is 16.0. The average molecular weight is 339 g/mol. The minimum Gasteiger partial charge on any atom is -0.497 e. The zero-order chi connectivity index (χ0) is 17.2. The maximum Gasteiger partial charge on any atom is 0.225 e. The Balaban J connectivity index is 1.41. The van der Waals surface area contributed by atoms with Gasteiger partial charge in [-0.05, 0) is 44.0 Å². The van der Waals surface area contributed by atoms with Crippen LogP contribution in [0, 0.1) is 6.92 Å². The Morgan fingerprint density at radius 3 is 2.32 bits per heavy atom. The molecule has 25 heavy (non-hydrogen) atoms. The molecule has 132 valence electrons. The van der Waals surface area contributed by atoms with Gasteiger partial charge >= 0.3 is 0 Å². The Bertz CT molecular complexity index is 721. The topological polar surface area (TPSA) is 53.5 Å². The highest BCUT2D eigenvalue weighted by Crippen LogP contribution is 2.25. The van der Waals surface area contributed by atoms with Crippen LogP contribution >= 0.6 is 0 Å². The molecule has 0 atom stereocenters. The molecule has 0 unspecified atom stereocenters. The minimum absolute atomic E-state index is 0.571. The van der Waals surface area contributed by atoms with Crippen LogP contribution in [-0.2, 0) is 0 Å². The Morgan fingerprint density at radius 2 is 1.68 bits per heavy atom. The molecule has 1 aliphatic carbocycles. The second-order valence-electron chi connectivity index (χ2n) is 6.78. The number of nitrogens with zero attached hydrogens (tertiary/aromatic N) is 4. The molecule has 0 spiro atoms. The number of rotatable bonds is 5. The maximum absolute atomic E-state index is 5.24. The number of piperazine rings is 1. The van der Waals surface area contributed by atoms with Crippen molar-refractivity contribution in [3.8, 4) is 5.75 Å². The number of aromatic nitrogens is 2. The van der Waals surface area contributed by atoms with Crippen LogP contribution < -0.4 is 19.9 Å². The van der Waals surface area contributed by atoms with Gasteiger partial charge in [-0.15, -0.1) is 0 Å². The van der Waals surface area contributed by atoms with Crippen LogP contribution in [0.5, 0.6) is 5.75 Å². The molecule has 1 N–H and O–H groups in total. The van der Waals surface area contributed by atoms with Gasteiger partial charge in [0.1, 0.15) is 11.6 Å². The van der Waals surface area contributed by atoms with E-state index >= 15 is 0 Å². The summed E-state index contributed by atoms with van der Waals surface area (Å²) in [5, 5.41) is 3.41. The zero-order valence-electron chi connectivity index (χ0n) is 14.9. The lowest BCUT2D eigenvalue weighted by Crippen LogP contribution is -2.46. The standard InChI is InChI=1S/C19H25N5O/c1-14-13-18(22-19(20-14)21-15-3-4-15)24-11-9-23(10-12-24)16-5-7-17(25-2)8-6-16/h5-8,13,15H,3-4,9-12H2,1-2H3,(H,20,21,22). The Kier molecular flexibility index (Phi) is 4.34. The summed E-state index contributed by atoms with van der Waals surface area (Å²) in [5.74, 6) is 2.70. The number of anilines is 3. The van der Waals surface area contributed by atoms with Crippen LogP contribution in [0.25, 0.3) is 0 Å². The predicted octanol–water partition coefficient (Wildman–Crippen LogP) is 2.69. The number of methoxy groups -OCH3 is 1. The molecule has 1 saturated carbocycles. The smallest absolute Gasteiger partial charge is 0.225 e. The number of hydrogen-bond acceptors (Lipinski definition) is 6. The third-order valence-electron chi connectivity index (χ3n) is 4.79. The van der Waals surface area contributed by atoms with E-state index in [2.05, 4.69) is 38.3 Å². The number of nitrogens with one attached hydrogen (secondary N) is 1. The van der Waals surface area contributed by atoms with Gasteiger partial charge < -0.3 is 19.9 Å². The summed E-state index contributed by atoms with van der Waals surface area (Å²) in [5.41, 5.74) is 2.26. The lowest BCUT2D eigenvalue weighted by Gasteiger charge is -2.37. The Labute approximate surface area is 148 Å². The van der Waals surface area contributed by atoms with E-state index in [4.69, 9.17) is 9.72 Å². The zero-order valence-corrected chi connectivity index (χ0v) is 14.9. The summed E-state index contributed by atoms with van der Waals surface area (Å²) in [6.45, 7) is 5.94. The first-order chi connectivity index (χ1) is 12.2. The van der Waals surface area contributed by atoms with Gasteiger partial charge in [0.15, 0.2) is 0 Å². The highest BCUT2D eigenvalue weighted by molar-refractivity contribution is 5.52. The van der Waals surface area contributed by atoms with Gasteiger partial charge in [0, 0.05) is 49.7 Å². The fraction of sp³-hybridized carbons (Fsp3) is 0.474. The Morgan fingerprint density at radius 1 is 1.00 bits per heavy atom. The number of aryl methyl sites for hydroxylation is 1. The third kappa shape index (κ3) is 3.78. The normalized spacial score (nSPS) is 17.5. The molecule has 6 heteroatoms. The van der Waals surface area contributed by atoms with E-state index in [1.165, 1.54) is 18.5 Å². The van der Waals surface area contributed by atoms with Gasteiger partial charge in [-0.3, -0.25) is 0 Å². The van der Waals surface area contributed by atoms with Crippen molar-refractivity contribution in [2.75, 3.05) is 48.4 Å². The van der Waals surface area contributed by atoms with Gasteiger partial charge in [-0.25, -0.2) is 4.98 Å². The van der Waals surface area contributed by atoms with Crippen molar-refractivity contribution >= 4 is 17.5 Å². The number of benzene rings is 1. The lowest BCUT2D eigenvalue weighted by atomic mass is 10.2. The molecule has 0 radical (unpaired) electrons. The van der Waals surface area contributed by atoms with E-state index in [0.29, 0.717) is 6.04 Å². The van der Waals surface area contributed by atoms with Crippen molar-refractivity contribution in [3.63, 3.8) is 0 Å². The van der Waals surface area contributed by atoms with E-state index in [1.807, 2.05) is 19.1 Å². The summed E-state index contributed by atoms with van der Waals surface area (Å²) in [4.78, 5) is 14.0. The molecule has 1 aliphatic heterocycles. The van der Waals surface area contributed by atoms with Crippen LogP contribution in [0.3, 0.4) is 0 Å². The summed E-state index contributed by atoms with van der Waals surface area (Å²) in [6, 6.07) is 10.9. The fourth-order valence-corrected chi connectivity index (χ4v) is 3.18. The molecule has 2 aliphatic rings. The quantitative estimate of drug-likeness (QED) is 0.904. The molecule has 6 nitrogen and oxygen atoms in total. The molecule has 1 aromatic heterocycles. The van der Waals surface area contributed by atoms with Crippen molar-refractivity contribution in [2.24, 2.45) is 0 Å². The fourth-order valence-electron chi connectivity index (χ4n) is 3.18. The van der Waals surface area contributed by atoms with Gasteiger partial charge in [-0.1, -0.05) is 0 Å². The first-order valence-corrected chi connectivity index (χ1v) is 8.97. The first-order valence-electron chi connectivity index (χ1n) is 8.97. The summed E-state index contributed by atoms with van der Waals surface area (Å²) < 4.78 is 5.24. The van der Waals surface area contributed by atoms with Crippen LogP contribution in [-0.4, -0.2) is 49.3 Å². The van der Waals surface area contributed by atoms with Crippen LogP contribution in [0.2, 0.25) is 0 Å². The third-order valence-corrected chi connectivity index (χ3v) is 4.79. The maximum atomic E-state index is 5.24. The van der Waals surface area contributed by atoms with E-state index in [0.717, 1.165) is 49.4 Å². The second kappa shape index (κ2) is 6.78. The molecule has 2 fully saturated rings.